The van der Waals surface area contributed by atoms with Crippen LogP contribution < -0.4 is 27.8 Å². The summed E-state index contributed by atoms with van der Waals surface area (Å²) < 4.78 is 14.2. The zero-order chi connectivity index (χ0) is 25.4. The third-order valence-electron chi connectivity index (χ3n) is 6.94. The molecule has 1 spiro atoms. The molecule has 2 aliphatic rings. The van der Waals surface area contributed by atoms with Crippen LogP contribution in [0, 0.1) is 23.1 Å². The molecule has 1 aromatic carbocycles. The van der Waals surface area contributed by atoms with Crippen LogP contribution in [-0.2, 0) is 11.2 Å². The lowest BCUT2D eigenvalue weighted by atomic mass is 9.73. The summed E-state index contributed by atoms with van der Waals surface area (Å²) in [6, 6.07) is 7.32. The van der Waals surface area contributed by atoms with E-state index in [1.807, 2.05) is 18.2 Å². The van der Waals surface area contributed by atoms with Crippen molar-refractivity contribution in [3.05, 3.63) is 59.2 Å². The molecule has 1 fully saturated rings. The number of carbonyl (C=O) groups excluding carboxylic acids is 1. The first kappa shape index (κ1) is 23.8. The van der Waals surface area contributed by atoms with Crippen molar-refractivity contribution in [2.45, 2.75) is 35.2 Å². The van der Waals surface area contributed by atoms with Gasteiger partial charge in [0, 0.05) is 30.9 Å². The molecule has 2 aromatic heterocycles. The van der Waals surface area contributed by atoms with Crippen LogP contribution in [0.15, 0.2) is 46.6 Å². The van der Waals surface area contributed by atoms with Gasteiger partial charge in [0.15, 0.2) is 17.5 Å². The number of benzene rings is 1. The van der Waals surface area contributed by atoms with Crippen molar-refractivity contribution in [2.24, 2.45) is 16.9 Å². The zero-order valence-electron chi connectivity index (χ0n) is 19.4. The fraction of sp³-hybridized carbons (Fsp3) is 0.280. The van der Waals surface area contributed by atoms with Gasteiger partial charge in [0.1, 0.15) is 10.8 Å². The molecule has 1 amide bonds. The molecule has 0 saturated carbocycles. The van der Waals surface area contributed by atoms with Crippen LogP contribution in [0.25, 0.3) is 0 Å². The van der Waals surface area contributed by atoms with Gasteiger partial charge in [0.05, 0.1) is 11.1 Å². The lowest BCUT2D eigenvalue weighted by molar-refractivity contribution is -0.112. The molecule has 0 unspecified atom stereocenters. The molecule has 3 heterocycles. The summed E-state index contributed by atoms with van der Waals surface area (Å²) in [6.07, 6.45) is 5.75. The maximum Gasteiger partial charge on any atom is 0.293 e. The second-order valence-corrected chi connectivity index (χ2v) is 10.1. The number of carbonyl (C=O) groups is 1. The van der Waals surface area contributed by atoms with E-state index in [1.165, 1.54) is 17.8 Å². The van der Waals surface area contributed by atoms with E-state index in [0.29, 0.717) is 10.8 Å². The van der Waals surface area contributed by atoms with E-state index in [1.54, 1.807) is 6.20 Å². The van der Waals surface area contributed by atoms with Gasteiger partial charge in [0.2, 0.25) is 0 Å². The van der Waals surface area contributed by atoms with Crippen LogP contribution >= 0.6 is 11.8 Å². The number of piperidine rings is 1. The summed E-state index contributed by atoms with van der Waals surface area (Å²) in [7, 11) is 0. The number of pyridine rings is 1. The molecule has 11 heteroatoms. The number of nitrogen functional groups attached to an aromatic ring is 2. The first-order valence-electron chi connectivity index (χ1n) is 11.4. The molecule has 1 atom stereocenters. The second kappa shape index (κ2) is 9.29. The van der Waals surface area contributed by atoms with Gasteiger partial charge >= 0.3 is 0 Å². The Hall–Kier alpha value is -3.88. The Balaban J connectivity index is 1.28. The van der Waals surface area contributed by atoms with Gasteiger partial charge in [-0.3, -0.25) is 4.79 Å². The predicted octanol–water partition coefficient (Wildman–Crippen LogP) is 2.01. The number of primary amides is 1. The molecule has 1 aliphatic carbocycles. The van der Waals surface area contributed by atoms with Crippen LogP contribution in [0.2, 0.25) is 0 Å². The Morgan fingerprint density at radius 3 is 2.67 bits per heavy atom. The average Bonchev–Trinajstić information content (AvgIpc) is 3.13. The Morgan fingerprint density at radius 1 is 1.17 bits per heavy atom. The fourth-order valence-corrected chi connectivity index (χ4v) is 5.77. The van der Waals surface area contributed by atoms with Gasteiger partial charge in [-0.05, 0) is 59.9 Å². The predicted molar refractivity (Wildman–Crippen MR) is 136 cm³/mol. The van der Waals surface area contributed by atoms with E-state index in [0.717, 1.165) is 55.2 Å². The monoisotopic (exact) mass is 504 g/mol. The van der Waals surface area contributed by atoms with Crippen LogP contribution in [0.3, 0.4) is 0 Å². The maximum absolute atomic E-state index is 14.2. The van der Waals surface area contributed by atoms with Crippen molar-refractivity contribution in [1.29, 1.82) is 0 Å². The largest absolute Gasteiger partial charge is 0.381 e. The Kier molecular flexibility index (Phi) is 6.15. The van der Waals surface area contributed by atoms with Crippen molar-refractivity contribution in [1.82, 2.24) is 15.0 Å². The minimum Gasteiger partial charge on any atom is -0.381 e. The number of aromatic nitrogens is 3. The number of rotatable bonds is 3. The molecule has 184 valence electrons. The summed E-state index contributed by atoms with van der Waals surface area (Å²) in [5, 5.41) is 0.403. The van der Waals surface area contributed by atoms with E-state index >= 15 is 0 Å². The fourth-order valence-electron chi connectivity index (χ4n) is 4.98. The van der Waals surface area contributed by atoms with E-state index in [-0.39, 0.29) is 28.0 Å². The number of nitrogens with two attached hydrogens (primary N) is 4. The molecule has 0 bridgehead atoms. The van der Waals surface area contributed by atoms with Crippen molar-refractivity contribution >= 4 is 35.1 Å². The third kappa shape index (κ3) is 4.41. The van der Waals surface area contributed by atoms with Gasteiger partial charge in [0.25, 0.3) is 5.91 Å². The van der Waals surface area contributed by atoms with Gasteiger partial charge in [-0.2, -0.15) is 0 Å². The normalized spacial score (nSPS) is 17.9. The molecule has 9 nitrogen and oxygen atoms in total. The number of fused-ring (bicyclic) bond motifs is 1. The van der Waals surface area contributed by atoms with Crippen LogP contribution in [0.4, 0.5) is 21.8 Å². The summed E-state index contributed by atoms with van der Waals surface area (Å²) in [4.78, 5) is 26.1. The smallest absolute Gasteiger partial charge is 0.293 e. The Morgan fingerprint density at radius 2 is 1.94 bits per heavy atom. The molecule has 36 heavy (non-hydrogen) atoms. The standard InChI is InChI=1S/C25H25FN8OS/c26-20-17(5-8-31-22(20)29)36-24-23(30)33-19(13-32-24)34-9-6-25(7-10-34)12-15-3-1-14(2-4-18(27)35)11-16(15)21(25)28/h1,3,5,8,11,13,21H,6-7,9-10,12,28H2,(H2,27,35)(H2,29,31)(H2,30,33)/t21-/m1/s1. The van der Waals surface area contributed by atoms with Crippen LogP contribution in [0.5, 0.6) is 0 Å². The Labute approximate surface area is 211 Å². The molecule has 1 saturated heterocycles. The van der Waals surface area contributed by atoms with E-state index in [9.17, 15) is 9.18 Å². The molecule has 8 N–H and O–H groups in total. The van der Waals surface area contributed by atoms with Gasteiger partial charge in [-0.1, -0.05) is 23.7 Å². The van der Waals surface area contributed by atoms with E-state index in [4.69, 9.17) is 22.9 Å². The quantitative estimate of drug-likeness (QED) is 0.391. The number of nitrogens with zero attached hydrogens (tertiary/aromatic N) is 4. The SMILES string of the molecule is NC(=O)C#Cc1ccc2c(c1)[C@@H](N)C1(CCN(c3cnc(Sc4ccnc(N)c4F)c(N)n3)CC1)C2. The molecular formula is C25H25FN8OS. The minimum atomic E-state index is -0.659. The summed E-state index contributed by atoms with van der Waals surface area (Å²) in [6.45, 7) is 1.51. The molecule has 1 aliphatic heterocycles. The average molecular weight is 505 g/mol. The molecular weight excluding hydrogens is 479 g/mol. The molecule has 0 radical (unpaired) electrons. The number of anilines is 3. The zero-order valence-corrected chi connectivity index (χ0v) is 20.2. The lowest BCUT2D eigenvalue weighted by Gasteiger charge is -2.42. The van der Waals surface area contributed by atoms with Crippen LogP contribution in [0.1, 0.15) is 35.6 Å². The van der Waals surface area contributed by atoms with Crippen molar-refractivity contribution in [3.63, 3.8) is 0 Å². The van der Waals surface area contributed by atoms with Crippen molar-refractivity contribution in [3.8, 4) is 11.8 Å². The highest BCUT2D eigenvalue weighted by molar-refractivity contribution is 7.99. The first-order valence-corrected chi connectivity index (χ1v) is 12.2. The Bertz CT molecular complexity index is 1410. The first-order chi connectivity index (χ1) is 17.3. The number of hydrogen-bond acceptors (Lipinski definition) is 9. The summed E-state index contributed by atoms with van der Waals surface area (Å²) in [5.74, 6) is 4.64. The summed E-state index contributed by atoms with van der Waals surface area (Å²) in [5.41, 5.74) is 26.6. The summed E-state index contributed by atoms with van der Waals surface area (Å²) >= 11 is 1.06. The highest BCUT2D eigenvalue weighted by Crippen LogP contribution is 2.51. The molecule has 3 aromatic rings. The van der Waals surface area contributed by atoms with Crippen molar-refractivity contribution in [2.75, 3.05) is 29.5 Å². The van der Waals surface area contributed by atoms with E-state index < -0.39 is 11.7 Å². The number of halogens is 1. The van der Waals surface area contributed by atoms with Crippen molar-refractivity contribution < 1.29 is 9.18 Å². The molecule has 5 rings (SSSR count). The highest BCUT2D eigenvalue weighted by Gasteiger charge is 2.46. The number of amides is 1. The van der Waals surface area contributed by atoms with Gasteiger partial charge < -0.3 is 27.8 Å². The highest BCUT2D eigenvalue weighted by atomic mass is 32.2. The van der Waals surface area contributed by atoms with E-state index in [2.05, 4.69) is 31.7 Å². The lowest BCUT2D eigenvalue weighted by Crippen LogP contribution is -2.44. The minimum absolute atomic E-state index is 0.0534. The van der Waals surface area contributed by atoms with Crippen LogP contribution in [-0.4, -0.2) is 33.9 Å². The van der Waals surface area contributed by atoms with Gasteiger partial charge in [-0.25, -0.2) is 19.3 Å². The maximum atomic E-state index is 14.2. The third-order valence-corrected chi connectivity index (χ3v) is 7.98. The second-order valence-electron chi connectivity index (χ2n) is 9.06. The van der Waals surface area contributed by atoms with Gasteiger partial charge in [-0.15, -0.1) is 0 Å². The number of hydrogen-bond donors (Lipinski definition) is 4. The topological polar surface area (TPSA) is 163 Å².